The highest BCUT2D eigenvalue weighted by atomic mass is 35.5. The van der Waals surface area contributed by atoms with Crippen molar-refractivity contribution < 1.29 is 9.90 Å². The third-order valence-electron chi connectivity index (χ3n) is 3.23. The van der Waals surface area contributed by atoms with Crippen molar-refractivity contribution in [3.05, 3.63) is 60.2 Å². The lowest BCUT2D eigenvalue weighted by atomic mass is 10.0. The summed E-state index contributed by atoms with van der Waals surface area (Å²) in [6.07, 6.45) is -0.741. The molecule has 3 nitrogen and oxygen atoms in total. The van der Waals surface area contributed by atoms with E-state index in [0.717, 1.165) is 16.7 Å². The lowest BCUT2D eigenvalue weighted by Crippen LogP contribution is -2.33. The summed E-state index contributed by atoms with van der Waals surface area (Å²) in [7, 11) is 0. The summed E-state index contributed by atoms with van der Waals surface area (Å²) in [5.74, 6) is -0.281. The first kappa shape index (κ1) is 15.5. The number of nitrogens with one attached hydrogen (secondary N) is 1. The van der Waals surface area contributed by atoms with Gasteiger partial charge in [-0.15, -0.1) is 11.6 Å². The predicted octanol–water partition coefficient (Wildman–Crippen LogP) is 3.13. The lowest BCUT2D eigenvalue weighted by molar-refractivity contribution is -0.120. The fraction of sp³-hybridized carbons (Fsp3) is 0.235. The molecule has 0 aliphatic rings. The molecular formula is C17H18ClNO2. The summed E-state index contributed by atoms with van der Waals surface area (Å²) in [6.45, 7) is 1.75. The van der Waals surface area contributed by atoms with Crippen molar-refractivity contribution in [2.75, 3.05) is 6.54 Å². The molecule has 0 aliphatic carbocycles. The molecule has 1 amide bonds. The number of amides is 1. The van der Waals surface area contributed by atoms with E-state index in [1.807, 2.05) is 54.6 Å². The molecular weight excluding hydrogens is 286 g/mol. The van der Waals surface area contributed by atoms with Crippen LogP contribution in [-0.4, -0.2) is 22.9 Å². The van der Waals surface area contributed by atoms with Crippen LogP contribution in [0, 0.1) is 0 Å². The zero-order valence-electron chi connectivity index (χ0n) is 11.8. The molecule has 2 N–H and O–H groups in total. The van der Waals surface area contributed by atoms with Gasteiger partial charge in [0, 0.05) is 6.54 Å². The van der Waals surface area contributed by atoms with Gasteiger partial charge in [-0.1, -0.05) is 54.6 Å². The van der Waals surface area contributed by atoms with Crippen molar-refractivity contribution in [1.82, 2.24) is 5.32 Å². The Labute approximate surface area is 129 Å². The van der Waals surface area contributed by atoms with E-state index in [-0.39, 0.29) is 12.5 Å². The average Bonchev–Trinajstić information content (AvgIpc) is 2.53. The Morgan fingerprint density at radius 3 is 2.24 bits per heavy atom. The Balaban J connectivity index is 2.00. The van der Waals surface area contributed by atoms with E-state index >= 15 is 0 Å². The van der Waals surface area contributed by atoms with Gasteiger partial charge in [-0.3, -0.25) is 4.79 Å². The molecule has 0 bridgehead atoms. The molecule has 4 heteroatoms. The molecule has 0 aromatic heterocycles. The highest BCUT2D eigenvalue weighted by Gasteiger charge is 2.12. The first-order valence-corrected chi connectivity index (χ1v) is 7.27. The first-order chi connectivity index (χ1) is 10.1. The van der Waals surface area contributed by atoms with Crippen LogP contribution in [0.25, 0.3) is 11.1 Å². The van der Waals surface area contributed by atoms with Crippen molar-refractivity contribution in [2.24, 2.45) is 0 Å². The zero-order valence-corrected chi connectivity index (χ0v) is 12.5. The van der Waals surface area contributed by atoms with Crippen molar-refractivity contribution >= 4 is 17.5 Å². The largest absolute Gasteiger partial charge is 0.387 e. The van der Waals surface area contributed by atoms with Crippen LogP contribution in [0.2, 0.25) is 0 Å². The normalized spacial score (nSPS) is 13.5. The number of rotatable bonds is 5. The van der Waals surface area contributed by atoms with Gasteiger partial charge in [0.1, 0.15) is 5.38 Å². The molecule has 0 radical (unpaired) electrons. The van der Waals surface area contributed by atoms with Crippen LogP contribution in [0.5, 0.6) is 0 Å². The van der Waals surface area contributed by atoms with E-state index < -0.39 is 11.5 Å². The molecule has 110 valence electrons. The number of aliphatic hydroxyl groups excluding tert-OH is 1. The second kappa shape index (κ2) is 7.25. The number of alkyl halides is 1. The monoisotopic (exact) mass is 303 g/mol. The molecule has 0 saturated heterocycles. The highest BCUT2D eigenvalue weighted by Crippen LogP contribution is 2.21. The summed E-state index contributed by atoms with van der Waals surface area (Å²) < 4.78 is 0. The third-order valence-corrected chi connectivity index (χ3v) is 3.43. The van der Waals surface area contributed by atoms with E-state index in [1.165, 1.54) is 0 Å². The van der Waals surface area contributed by atoms with Gasteiger partial charge in [0.05, 0.1) is 6.10 Å². The van der Waals surface area contributed by atoms with E-state index in [9.17, 15) is 9.90 Å². The van der Waals surface area contributed by atoms with Crippen molar-refractivity contribution in [1.29, 1.82) is 0 Å². The number of carbonyl (C=O) groups is 1. The van der Waals surface area contributed by atoms with Gasteiger partial charge >= 0.3 is 0 Å². The summed E-state index contributed by atoms with van der Waals surface area (Å²) in [5.41, 5.74) is 2.98. The number of hydrogen-bond donors (Lipinski definition) is 2. The maximum absolute atomic E-state index is 11.4. The Morgan fingerprint density at radius 1 is 1.10 bits per heavy atom. The zero-order chi connectivity index (χ0) is 15.2. The van der Waals surface area contributed by atoms with Crippen LogP contribution in [0.3, 0.4) is 0 Å². The molecule has 0 spiro atoms. The molecule has 2 aromatic rings. The van der Waals surface area contributed by atoms with Crippen LogP contribution in [0.4, 0.5) is 0 Å². The average molecular weight is 304 g/mol. The second-order valence-corrected chi connectivity index (χ2v) is 5.52. The van der Waals surface area contributed by atoms with Gasteiger partial charge in [0.2, 0.25) is 5.91 Å². The van der Waals surface area contributed by atoms with E-state index in [2.05, 4.69) is 5.32 Å². The van der Waals surface area contributed by atoms with Crippen molar-refractivity contribution in [3.63, 3.8) is 0 Å². The number of aliphatic hydroxyl groups is 1. The number of benzene rings is 2. The highest BCUT2D eigenvalue weighted by molar-refractivity contribution is 6.30. The Morgan fingerprint density at radius 2 is 1.67 bits per heavy atom. The summed E-state index contributed by atoms with van der Waals surface area (Å²) in [6, 6.07) is 17.7. The molecule has 2 aromatic carbocycles. The van der Waals surface area contributed by atoms with Crippen LogP contribution in [0.1, 0.15) is 18.6 Å². The molecule has 2 unspecified atom stereocenters. The number of hydrogen-bond acceptors (Lipinski definition) is 2. The Bertz CT molecular complexity index is 581. The third kappa shape index (κ3) is 4.31. The van der Waals surface area contributed by atoms with Gasteiger partial charge in [0.25, 0.3) is 0 Å². The van der Waals surface area contributed by atoms with Gasteiger partial charge in [-0.2, -0.15) is 0 Å². The Hall–Kier alpha value is -1.84. The topological polar surface area (TPSA) is 49.3 Å². The quantitative estimate of drug-likeness (QED) is 0.834. The smallest absolute Gasteiger partial charge is 0.237 e. The molecule has 2 rings (SSSR count). The SMILES string of the molecule is CC(Cl)C(=O)NCC(O)c1ccc(-c2ccccc2)cc1. The lowest BCUT2D eigenvalue weighted by Gasteiger charge is -2.13. The van der Waals surface area contributed by atoms with Crippen molar-refractivity contribution in [3.8, 4) is 11.1 Å². The standard InChI is InChI=1S/C17H18ClNO2/c1-12(18)17(21)19-11-16(20)15-9-7-14(8-10-15)13-5-3-2-4-6-13/h2-10,12,16,20H,11H2,1H3,(H,19,21). The Kier molecular flexibility index (Phi) is 5.37. The fourth-order valence-electron chi connectivity index (χ4n) is 1.98. The molecule has 21 heavy (non-hydrogen) atoms. The van der Waals surface area contributed by atoms with Gasteiger partial charge in [-0.25, -0.2) is 0 Å². The van der Waals surface area contributed by atoms with Crippen LogP contribution < -0.4 is 5.32 Å². The minimum absolute atomic E-state index is 0.153. The van der Waals surface area contributed by atoms with Gasteiger partial charge in [0.15, 0.2) is 0 Å². The second-order valence-electron chi connectivity index (χ2n) is 4.86. The van der Waals surface area contributed by atoms with E-state index in [0.29, 0.717) is 0 Å². The summed E-state index contributed by atoms with van der Waals surface area (Å²) in [4.78, 5) is 11.4. The number of carbonyl (C=O) groups excluding carboxylic acids is 1. The van der Waals surface area contributed by atoms with Crippen LogP contribution in [0.15, 0.2) is 54.6 Å². The number of halogens is 1. The van der Waals surface area contributed by atoms with E-state index in [1.54, 1.807) is 6.92 Å². The summed E-state index contributed by atoms with van der Waals surface area (Å²) >= 11 is 5.65. The molecule has 0 aliphatic heterocycles. The predicted molar refractivity (Wildman–Crippen MR) is 85.2 cm³/mol. The maximum Gasteiger partial charge on any atom is 0.237 e. The van der Waals surface area contributed by atoms with Crippen molar-refractivity contribution in [2.45, 2.75) is 18.4 Å². The minimum Gasteiger partial charge on any atom is -0.387 e. The summed E-state index contributed by atoms with van der Waals surface area (Å²) in [5, 5.41) is 12.1. The molecule has 2 atom stereocenters. The van der Waals surface area contributed by atoms with E-state index in [4.69, 9.17) is 11.6 Å². The van der Waals surface area contributed by atoms with Crippen LogP contribution in [-0.2, 0) is 4.79 Å². The molecule has 0 fully saturated rings. The van der Waals surface area contributed by atoms with Gasteiger partial charge < -0.3 is 10.4 Å². The molecule has 0 saturated carbocycles. The van der Waals surface area contributed by atoms with Gasteiger partial charge in [-0.05, 0) is 23.6 Å². The maximum atomic E-state index is 11.4. The van der Waals surface area contributed by atoms with Crippen LogP contribution >= 0.6 is 11.6 Å². The minimum atomic E-state index is -0.741. The molecule has 0 heterocycles. The fourth-order valence-corrected chi connectivity index (χ4v) is 2.06. The first-order valence-electron chi connectivity index (χ1n) is 6.83.